The van der Waals surface area contributed by atoms with Gasteiger partial charge in [0.25, 0.3) is 0 Å². The minimum atomic E-state index is -2.16. The Bertz CT molecular complexity index is 1110. The van der Waals surface area contributed by atoms with Crippen molar-refractivity contribution in [3.8, 4) is 0 Å². The zero-order valence-electron chi connectivity index (χ0n) is 20.5. The van der Waals surface area contributed by atoms with Crippen LogP contribution in [0.15, 0.2) is 87.5 Å². The minimum Gasteiger partial charge on any atom is -1.00 e. The molecule has 0 spiro atoms. The van der Waals surface area contributed by atoms with Crippen LogP contribution in [-0.4, -0.2) is 8.07 Å². The molecule has 0 radical (unpaired) electrons. The molecule has 3 aromatic carbocycles. The van der Waals surface area contributed by atoms with Crippen LogP contribution in [0.3, 0.4) is 0 Å². The van der Waals surface area contributed by atoms with Gasteiger partial charge in [-0.3, -0.25) is 0 Å². The third kappa shape index (κ3) is 6.38. The predicted octanol–water partition coefficient (Wildman–Crippen LogP) is -2.96. The normalized spacial score (nSPS) is 13.0. The van der Waals surface area contributed by atoms with E-state index < -0.39 is 8.07 Å². The van der Waals surface area contributed by atoms with Gasteiger partial charge in [0.2, 0.25) is 0 Å². The summed E-state index contributed by atoms with van der Waals surface area (Å²) in [5.74, 6) is 0. The fourth-order valence-corrected chi connectivity index (χ4v) is 11.3. The smallest absolute Gasteiger partial charge is 1.00 e. The number of hydrogen-bond donors (Lipinski definition) is 0. The standard InChI is InChI=1S/C29H31Si.3ClH.Ti/c1-21-14-22(2)17-27(16-21)30(5,28-18-23(3)15-24(4)19-28)29-13-9-12-26(29)20-25-10-7-6-8-11-25;;;;/h6-8,10-12,14-19H,9,20H2,1-5H3;3*1H;/q;;;;+3/p-3. The summed E-state index contributed by atoms with van der Waals surface area (Å²) in [6.07, 6.45) is 4.59. The van der Waals surface area contributed by atoms with E-state index in [1.807, 2.05) is 0 Å². The Labute approximate surface area is 237 Å². The van der Waals surface area contributed by atoms with E-state index in [1.165, 1.54) is 43.8 Å². The van der Waals surface area contributed by atoms with Crippen LogP contribution >= 0.6 is 0 Å². The van der Waals surface area contributed by atoms with Gasteiger partial charge in [0.15, 0.2) is 0 Å². The first-order valence-electron chi connectivity index (χ1n) is 11.1. The molecule has 5 heteroatoms. The number of allylic oxidation sites excluding steroid dienone is 4. The molecule has 0 amide bonds. The van der Waals surface area contributed by atoms with Crippen molar-refractivity contribution in [3.05, 3.63) is 115 Å². The molecule has 0 nitrogen and oxygen atoms in total. The SMILES string of the molecule is Cc1cc(C)cc([Si](C)(C2=[C]([Ti+3])CC=C2Cc2ccccc2)c2cc(C)cc(C)c2)c1.[Cl-].[Cl-].[Cl-]. The average molecular weight is 562 g/mol. The van der Waals surface area contributed by atoms with Gasteiger partial charge in [-0.15, -0.1) is 0 Å². The third-order valence-corrected chi connectivity index (χ3v) is 12.1. The molecule has 34 heavy (non-hydrogen) atoms. The van der Waals surface area contributed by atoms with Crippen molar-refractivity contribution in [2.75, 3.05) is 0 Å². The summed E-state index contributed by atoms with van der Waals surface area (Å²) in [4.78, 5) is 0. The molecule has 1 aliphatic rings. The molecule has 0 saturated carbocycles. The van der Waals surface area contributed by atoms with Crippen molar-refractivity contribution in [2.24, 2.45) is 0 Å². The second kappa shape index (κ2) is 12.8. The monoisotopic (exact) mass is 560 g/mol. The van der Waals surface area contributed by atoms with Crippen molar-refractivity contribution < 1.29 is 57.7 Å². The Hall–Kier alpha value is -1.06. The second-order valence-electron chi connectivity index (χ2n) is 9.33. The van der Waals surface area contributed by atoms with Gasteiger partial charge in [-0.2, -0.15) is 0 Å². The summed E-state index contributed by atoms with van der Waals surface area (Å²) in [6.45, 7) is 11.5. The molecule has 176 valence electrons. The van der Waals surface area contributed by atoms with Gasteiger partial charge in [-0.25, -0.2) is 0 Å². The number of halogens is 3. The van der Waals surface area contributed by atoms with Crippen LogP contribution < -0.4 is 47.6 Å². The number of hydrogen-bond acceptors (Lipinski definition) is 0. The van der Waals surface area contributed by atoms with E-state index in [0.717, 1.165) is 12.8 Å². The first kappa shape index (κ1) is 31.0. The molecule has 0 bridgehead atoms. The quantitative estimate of drug-likeness (QED) is 0.292. The summed E-state index contributed by atoms with van der Waals surface area (Å²) in [5, 5.41) is 4.71. The molecule has 0 saturated heterocycles. The van der Waals surface area contributed by atoms with Gasteiger partial charge in [0.1, 0.15) is 0 Å². The van der Waals surface area contributed by atoms with Crippen LogP contribution in [0.25, 0.3) is 0 Å². The number of aryl methyl sites for hydroxylation is 4. The number of rotatable bonds is 5. The van der Waals surface area contributed by atoms with Crippen LogP contribution in [0, 0.1) is 27.7 Å². The van der Waals surface area contributed by atoms with E-state index in [9.17, 15) is 0 Å². The molecular weight excluding hydrogens is 531 g/mol. The van der Waals surface area contributed by atoms with Crippen LogP contribution in [0.1, 0.15) is 34.2 Å². The van der Waals surface area contributed by atoms with Crippen molar-refractivity contribution in [1.82, 2.24) is 0 Å². The van der Waals surface area contributed by atoms with Gasteiger partial charge >= 0.3 is 201 Å². The Morgan fingerprint density at radius 1 is 0.706 bits per heavy atom. The van der Waals surface area contributed by atoms with Crippen molar-refractivity contribution in [2.45, 2.75) is 47.1 Å². The average Bonchev–Trinajstić information content (AvgIpc) is 3.07. The molecule has 0 aromatic heterocycles. The first-order valence-corrected chi connectivity index (χ1v) is 14.4. The third-order valence-electron chi connectivity index (χ3n) is 6.51. The van der Waals surface area contributed by atoms with Gasteiger partial charge in [0, 0.05) is 0 Å². The van der Waals surface area contributed by atoms with Crippen LogP contribution in [0.2, 0.25) is 6.55 Å². The van der Waals surface area contributed by atoms with E-state index in [4.69, 9.17) is 0 Å². The molecule has 0 atom stereocenters. The van der Waals surface area contributed by atoms with Gasteiger partial charge in [0.05, 0.1) is 0 Å². The molecule has 3 aromatic rings. The van der Waals surface area contributed by atoms with E-state index in [0.29, 0.717) is 0 Å². The Balaban J connectivity index is 0.00000193. The second-order valence-corrected chi connectivity index (χ2v) is 14.2. The summed E-state index contributed by atoms with van der Waals surface area (Å²) in [5.41, 5.74) is 8.39. The van der Waals surface area contributed by atoms with Crippen molar-refractivity contribution in [1.29, 1.82) is 0 Å². The maximum absolute atomic E-state index is 2.58. The fraction of sp³-hybridized carbons (Fsp3) is 0.241. The molecule has 0 N–H and O–H groups in total. The maximum atomic E-state index is 2.58. The molecule has 0 aliphatic heterocycles. The van der Waals surface area contributed by atoms with E-state index in [1.54, 1.807) is 9.07 Å². The Morgan fingerprint density at radius 2 is 1.15 bits per heavy atom. The first-order chi connectivity index (χ1) is 14.8. The van der Waals surface area contributed by atoms with E-state index in [-0.39, 0.29) is 37.2 Å². The molecule has 1 aliphatic carbocycles. The van der Waals surface area contributed by atoms with E-state index in [2.05, 4.69) is 127 Å². The molecule has 0 heterocycles. The number of benzene rings is 3. The summed E-state index contributed by atoms with van der Waals surface area (Å²) < 4.78 is 1.55. The summed E-state index contributed by atoms with van der Waals surface area (Å²) >= 11 is 2.36. The zero-order chi connectivity index (χ0) is 22.2. The fourth-order valence-electron chi connectivity index (χ4n) is 5.20. The van der Waals surface area contributed by atoms with Crippen molar-refractivity contribution >= 4 is 18.4 Å². The predicted molar refractivity (Wildman–Crippen MR) is 133 cm³/mol. The molecule has 0 fully saturated rings. The van der Waals surface area contributed by atoms with Crippen molar-refractivity contribution in [3.63, 3.8) is 0 Å². The van der Waals surface area contributed by atoms with Gasteiger partial charge in [-0.1, -0.05) is 0 Å². The maximum Gasteiger partial charge on any atom is -1.00 e. The van der Waals surface area contributed by atoms with Crippen LogP contribution in [-0.2, 0) is 26.9 Å². The Morgan fingerprint density at radius 3 is 1.59 bits per heavy atom. The largest absolute Gasteiger partial charge is 1.00 e. The molecule has 4 rings (SSSR count). The van der Waals surface area contributed by atoms with E-state index >= 15 is 0 Å². The Kier molecular flexibility index (Phi) is 11.6. The molecular formula is C29H31Cl3SiTi. The summed E-state index contributed by atoms with van der Waals surface area (Å²) in [6, 6.07) is 25.4. The molecule has 0 unspecified atom stereocenters. The summed E-state index contributed by atoms with van der Waals surface area (Å²) in [7, 11) is -2.16. The van der Waals surface area contributed by atoms with Gasteiger partial charge in [-0.05, 0) is 0 Å². The zero-order valence-corrected chi connectivity index (χ0v) is 25.3. The van der Waals surface area contributed by atoms with Gasteiger partial charge < -0.3 is 37.2 Å². The minimum absolute atomic E-state index is 0. The van der Waals surface area contributed by atoms with Crippen LogP contribution in [0.4, 0.5) is 0 Å². The topological polar surface area (TPSA) is 0 Å². The van der Waals surface area contributed by atoms with Crippen LogP contribution in [0.5, 0.6) is 0 Å².